The average molecular weight is 336 g/mol. The molecule has 0 aliphatic carbocycles. The molecule has 0 amide bonds. The molecular weight excluding hydrogens is 329 g/mol. The molecule has 0 saturated heterocycles. The summed E-state index contributed by atoms with van der Waals surface area (Å²) in [6.07, 6.45) is -8.10. The van der Waals surface area contributed by atoms with Gasteiger partial charge in [-0.05, 0) is 11.6 Å². The van der Waals surface area contributed by atoms with E-state index in [1.54, 1.807) is 0 Å². The van der Waals surface area contributed by atoms with Crippen LogP contribution in [0.1, 0.15) is 23.2 Å². The second-order valence-electron chi connectivity index (χ2n) is 3.14. The van der Waals surface area contributed by atoms with Crippen LogP contribution in [0, 0.1) is 0 Å². The number of alkyl halides is 6. The van der Waals surface area contributed by atoms with E-state index in [-0.39, 0.29) is 16.5 Å². The maximum Gasteiger partial charge on any atom is 0.574 e. The van der Waals surface area contributed by atoms with Crippen molar-refractivity contribution in [3.8, 4) is 5.88 Å². The minimum Gasteiger partial charge on any atom is -0.391 e. The molecule has 102 valence electrons. The first-order chi connectivity index (χ1) is 8.28. The summed E-state index contributed by atoms with van der Waals surface area (Å²) in [7, 11) is 0. The second kappa shape index (κ2) is 5.79. The van der Waals surface area contributed by atoms with Gasteiger partial charge in [0.25, 0.3) is 6.43 Å². The number of pyridine rings is 1. The van der Waals surface area contributed by atoms with Gasteiger partial charge in [0, 0.05) is 10.9 Å². The molecule has 3 nitrogen and oxygen atoms in total. The Balaban J connectivity index is 3.27. The van der Waals surface area contributed by atoms with Crippen molar-refractivity contribution in [2.24, 2.45) is 0 Å². The van der Waals surface area contributed by atoms with Crippen molar-refractivity contribution in [3.63, 3.8) is 0 Å². The SMILES string of the molecule is OCc1cc(CBr)c(C(F)F)nc1OC(F)(F)F. The number of rotatable bonds is 4. The van der Waals surface area contributed by atoms with E-state index in [2.05, 4.69) is 25.7 Å². The molecule has 0 unspecified atom stereocenters. The van der Waals surface area contributed by atoms with Crippen LogP contribution in [0.2, 0.25) is 0 Å². The first-order valence-electron chi connectivity index (χ1n) is 4.52. The summed E-state index contributed by atoms with van der Waals surface area (Å²) < 4.78 is 64.8. The van der Waals surface area contributed by atoms with Crippen LogP contribution in [0.25, 0.3) is 0 Å². The normalized spacial score (nSPS) is 12.0. The van der Waals surface area contributed by atoms with Crippen molar-refractivity contribution in [1.82, 2.24) is 4.98 Å². The Labute approximate surface area is 107 Å². The van der Waals surface area contributed by atoms with E-state index in [1.807, 2.05) is 0 Å². The fourth-order valence-electron chi connectivity index (χ4n) is 1.21. The molecule has 18 heavy (non-hydrogen) atoms. The summed E-state index contributed by atoms with van der Waals surface area (Å²) in [5, 5.41) is 8.85. The zero-order chi connectivity index (χ0) is 13.9. The Hall–Kier alpha value is -0.960. The molecule has 0 fully saturated rings. The molecule has 0 aliphatic heterocycles. The molecule has 0 aliphatic rings. The van der Waals surface area contributed by atoms with Crippen LogP contribution in [0.15, 0.2) is 6.07 Å². The zero-order valence-electron chi connectivity index (χ0n) is 8.64. The highest BCUT2D eigenvalue weighted by molar-refractivity contribution is 9.08. The lowest BCUT2D eigenvalue weighted by Crippen LogP contribution is -2.20. The topological polar surface area (TPSA) is 42.4 Å². The molecule has 1 aromatic rings. The Morgan fingerprint density at radius 1 is 1.33 bits per heavy atom. The molecule has 1 N–H and O–H groups in total. The van der Waals surface area contributed by atoms with Crippen molar-refractivity contribution < 1.29 is 31.8 Å². The standard InChI is InChI=1S/C9H7BrF5NO2/c10-2-4-1-5(3-17)8(18-9(13,14)15)16-6(4)7(11)12/h1,7,17H,2-3H2. The van der Waals surface area contributed by atoms with Crippen molar-refractivity contribution in [2.45, 2.75) is 24.7 Å². The minimum absolute atomic E-state index is 0.0106. The summed E-state index contributed by atoms with van der Waals surface area (Å²) >= 11 is 2.91. The highest BCUT2D eigenvalue weighted by Gasteiger charge is 2.33. The predicted molar refractivity (Wildman–Crippen MR) is 54.4 cm³/mol. The van der Waals surface area contributed by atoms with Gasteiger partial charge >= 0.3 is 6.36 Å². The third-order valence-electron chi connectivity index (χ3n) is 1.91. The smallest absolute Gasteiger partial charge is 0.391 e. The van der Waals surface area contributed by atoms with Gasteiger partial charge in [-0.2, -0.15) is 0 Å². The summed E-state index contributed by atoms with van der Waals surface area (Å²) in [4.78, 5) is 3.12. The third-order valence-corrected chi connectivity index (χ3v) is 2.51. The number of ether oxygens (including phenoxy) is 1. The number of aliphatic hydroxyl groups is 1. The number of nitrogens with zero attached hydrogens (tertiary/aromatic N) is 1. The quantitative estimate of drug-likeness (QED) is 0.678. The summed E-state index contributed by atoms with van der Waals surface area (Å²) in [6, 6.07) is 0.990. The predicted octanol–water partition coefficient (Wildman–Crippen LogP) is 3.31. The van der Waals surface area contributed by atoms with Gasteiger partial charge in [-0.25, -0.2) is 13.8 Å². The lowest BCUT2D eigenvalue weighted by molar-refractivity contribution is -0.276. The molecule has 1 rings (SSSR count). The Morgan fingerprint density at radius 2 is 1.94 bits per heavy atom. The van der Waals surface area contributed by atoms with E-state index in [9.17, 15) is 22.0 Å². The number of aliphatic hydroxyl groups excluding tert-OH is 1. The van der Waals surface area contributed by atoms with Gasteiger partial charge in [0.15, 0.2) is 0 Å². The Bertz CT molecular complexity index is 424. The van der Waals surface area contributed by atoms with E-state index in [1.165, 1.54) is 0 Å². The van der Waals surface area contributed by atoms with Crippen LogP contribution in [-0.2, 0) is 11.9 Å². The van der Waals surface area contributed by atoms with Gasteiger partial charge in [-0.3, -0.25) is 0 Å². The summed E-state index contributed by atoms with van der Waals surface area (Å²) in [5.74, 6) is -1.06. The van der Waals surface area contributed by atoms with Gasteiger partial charge < -0.3 is 9.84 Å². The van der Waals surface area contributed by atoms with Gasteiger partial charge in [-0.1, -0.05) is 15.9 Å². The van der Waals surface area contributed by atoms with Gasteiger partial charge in [0.05, 0.1) is 6.61 Å². The minimum atomic E-state index is -5.06. The van der Waals surface area contributed by atoms with Crippen LogP contribution in [0.4, 0.5) is 22.0 Å². The fraction of sp³-hybridized carbons (Fsp3) is 0.444. The largest absolute Gasteiger partial charge is 0.574 e. The average Bonchev–Trinajstić information content (AvgIpc) is 2.26. The van der Waals surface area contributed by atoms with E-state index < -0.39 is 31.0 Å². The van der Waals surface area contributed by atoms with Crippen molar-refractivity contribution >= 4 is 15.9 Å². The molecule has 0 bridgehead atoms. The summed E-state index contributed by atoms with van der Waals surface area (Å²) in [6.45, 7) is -0.804. The molecule has 9 heteroatoms. The molecule has 0 atom stereocenters. The number of hydrogen-bond acceptors (Lipinski definition) is 3. The molecular formula is C9H7BrF5NO2. The van der Waals surface area contributed by atoms with E-state index >= 15 is 0 Å². The van der Waals surface area contributed by atoms with Crippen LogP contribution < -0.4 is 4.74 Å². The van der Waals surface area contributed by atoms with Gasteiger partial charge in [-0.15, -0.1) is 13.2 Å². The lowest BCUT2D eigenvalue weighted by Gasteiger charge is -2.14. The monoisotopic (exact) mass is 335 g/mol. The van der Waals surface area contributed by atoms with Crippen molar-refractivity contribution in [2.75, 3.05) is 0 Å². The number of aromatic nitrogens is 1. The fourth-order valence-corrected chi connectivity index (χ4v) is 1.66. The third kappa shape index (κ3) is 3.77. The molecule has 0 aromatic carbocycles. The van der Waals surface area contributed by atoms with Gasteiger partial charge in [0.1, 0.15) is 5.69 Å². The molecule has 0 spiro atoms. The van der Waals surface area contributed by atoms with E-state index in [4.69, 9.17) is 5.11 Å². The highest BCUT2D eigenvalue weighted by atomic mass is 79.9. The number of hydrogen-bond donors (Lipinski definition) is 1. The summed E-state index contributed by atoms with van der Waals surface area (Å²) in [5.41, 5.74) is -1.14. The van der Waals surface area contributed by atoms with E-state index in [0.29, 0.717) is 0 Å². The number of halogens is 6. The molecule has 0 saturated carbocycles. The highest BCUT2D eigenvalue weighted by Crippen LogP contribution is 2.31. The van der Waals surface area contributed by atoms with Crippen LogP contribution in [0.3, 0.4) is 0 Å². The van der Waals surface area contributed by atoms with Crippen LogP contribution in [0.5, 0.6) is 5.88 Å². The maximum absolute atomic E-state index is 12.6. The Morgan fingerprint density at radius 3 is 2.33 bits per heavy atom. The van der Waals surface area contributed by atoms with Crippen molar-refractivity contribution in [1.29, 1.82) is 0 Å². The zero-order valence-corrected chi connectivity index (χ0v) is 10.2. The first kappa shape index (κ1) is 15.1. The second-order valence-corrected chi connectivity index (χ2v) is 3.70. The van der Waals surface area contributed by atoms with Crippen molar-refractivity contribution in [3.05, 3.63) is 22.9 Å². The molecule has 1 heterocycles. The first-order valence-corrected chi connectivity index (χ1v) is 5.64. The van der Waals surface area contributed by atoms with Crippen LogP contribution >= 0.6 is 15.9 Å². The van der Waals surface area contributed by atoms with Crippen LogP contribution in [-0.4, -0.2) is 16.5 Å². The maximum atomic E-state index is 12.6. The lowest BCUT2D eigenvalue weighted by atomic mass is 10.1. The van der Waals surface area contributed by atoms with Gasteiger partial charge in [0.2, 0.25) is 5.88 Å². The Kier molecular flexibility index (Phi) is 4.85. The molecule has 1 aromatic heterocycles. The van der Waals surface area contributed by atoms with E-state index in [0.717, 1.165) is 6.07 Å². The molecule has 0 radical (unpaired) electrons.